The molecule has 1 saturated heterocycles. The van der Waals surface area contributed by atoms with Crippen LogP contribution >= 0.6 is 0 Å². The van der Waals surface area contributed by atoms with Gasteiger partial charge in [0.25, 0.3) is 5.96 Å². The zero-order valence-corrected chi connectivity index (χ0v) is 27.6. The molecule has 0 spiro atoms. The van der Waals surface area contributed by atoms with Crippen molar-refractivity contribution >= 4 is 24.9 Å². The van der Waals surface area contributed by atoms with Crippen molar-refractivity contribution in [1.82, 2.24) is 21.4 Å². The Morgan fingerprint density at radius 1 is 1.11 bits per heavy atom. The number of carbonyl (C=O) groups is 2. The zero-order chi connectivity index (χ0) is 32.5. The number of rotatable bonds is 18. The number of guanidine groups is 1. The van der Waals surface area contributed by atoms with Crippen molar-refractivity contribution in [2.45, 2.75) is 136 Å². The summed E-state index contributed by atoms with van der Waals surface area (Å²) in [7, 11) is -0.575. The highest BCUT2D eigenvalue weighted by molar-refractivity contribution is 6.48. The first kappa shape index (κ1) is 35.8. The Hall–Kier alpha value is -2.67. The summed E-state index contributed by atoms with van der Waals surface area (Å²) in [5.74, 6) is -0.0970. The zero-order valence-electron chi connectivity index (χ0n) is 27.6. The number of amides is 2. The molecule has 0 radical (unpaired) electrons. The van der Waals surface area contributed by atoms with Crippen LogP contribution < -0.4 is 21.4 Å². The maximum absolute atomic E-state index is 13.7. The van der Waals surface area contributed by atoms with E-state index in [0.29, 0.717) is 24.7 Å². The van der Waals surface area contributed by atoms with Crippen LogP contribution in [-0.4, -0.2) is 60.2 Å². The second kappa shape index (κ2) is 16.1. The Morgan fingerprint density at radius 2 is 1.86 bits per heavy atom. The molecule has 5 N–H and O–H groups in total. The lowest BCUT2D eigenvalue weighted by Crippen LogP contribution is -2.65. The largest absolute Gasteiger partial charge is 0.481 e. The molecule has 3 aliphatic carbocycles. The Labute approximate surface area is 263 Å². The van der Waals surface area contributed by atoms with Crippen LogP contribution in [0.2, 0.25) is 0 Å². The maximum atomic E-state index is 13.7. The monoisotopic (exact) mass is 618 g/mol. The van der Waals surface area contributed by atoms with Crippen LogP contribution in [-0.2, 0) is 18.9 Å². The quantitative estimate of drug-likeness (QED) is 0.0289. The molecule has 248 valence electrons. The van der Waals surface area contributed by atoms with Gasteiger partial charge in [0.1, 0.15) is 6.04 Å². The number of hydrogen-bond acceptors (Lipinski definition) is 7. The van der Waals surface area contributed by atoms with E-state index in [-0.39, 0.29) is 54.6 Å². The van der Waals surface area contributed by atoms with Crippen LogP contribution in [0.15, 0.2) is 12.2 Å². The lowest BCUT2D eigenvalue weighted by atomic mass is 9.43. The van der Waals surface area contributed by atoms with E-state index in [1.807, 2.05) is 12.2 Å². The highest BCUT2D eigenvalue weighted by Gasteiger charge is 2.68. The number of carbonyl (C=O) groups excluding carboxylic acids is 2. The Balaban J connectivity index is 1.63. The smallest absolute Gasteiger partial charge is 0.404 e. The normalized spacial score (nSPS) is 26.4. The van der Waals surface area contributed by atoms with Crippen molar-refractivity contribution in [3.63, 3.8) is 0 Å². The average Bonchev–Trinajstić information content (AvgIpc) is 3.30. The van der Waals surface area contributed by atoms with Gasteiger partial charge < -0.3 is 25.3 Å². The molecule has 1 aliphatic heterocycles. The number of nitrogens with one attached hydrogen (secondary N) is 5. The van der Waals surface area contributed by atoms with Gasteiger partial charge in [0, 0.05) is 13.0 Å². The Kier molecular flexibility index (Phi) is 13.1. The van der Waals surface area contributed by atoms with E-state index >= 15 is 0 Å². The molecule has 12 nitrogen and oxygen atoms in total. The average molecular weight is 619 g/mol. The molecule has 4 aliphatic rings. The molecule has 3 saturated carbocycles. The van der Waals surface area contributed by atoms with E-state index in [4.69, 9.17) is 14.7 Å². The van der Waals surface area contributed by atoms with Gasteiger partial charge in [-0.25, -0.2) is 10.1 Å². The molecule has 44 heavy (non-hydrogen) atoms. The Bertz CT molecular complexity index is 1040. The van der Waals surface area contributed by atoms with Gasteiger partial charge in [-0.2, -0.15) is 0 Å². The van der Waals surface area contributed by atoms with Crippen molar-refractivity contribution in [3.05, 3.63) is 22.3 Å². The van der Waals surface area contributed by atoms with Gasteiger partial charge in [0.05, 0.1) is 17.6 Å². The van der Waals surface area contributed by atoms with E-state index in [9.17, 15) is 19.7 Å². The molecule has 6 atom stereocenters. The predicted octanol–water partition coefficient (Wildman–Crippen LogP) is 4.27. The molecule has 4 rings (SSSR count). The van der Waals surface area contributed by atoms with Crippen molar-refractivity contribution in [2.24, 2.45) is 23.2 Å². The first-order valence-corrected chi connectivity index (χ1v) is 16.6. The topological polar surface area (TPSA) is 168 Å². The fourth-order valence-corrected chi connectivity index (χ4v) is 7.27. The van der Waals surface area contributed by atoms with Gasteiger partial charge in [-0.15, -0.1) is 0 Å². The van der Waals surface area contributed by atoms with E-state index in [2.05, 4.69) is 57.5 Å². The second-order valence-corrected chi connectivity index (χ2v) is 14.0. The molecule has 1 heterocycles. The summed E-state index contributed by atoms with van der Waals surface area (Å²) in [6.07, 6.45) is 13.0. The van der Waals surface area contributed by atoms with Crippen LogP contribution in [0.3, 0.4) is 0 Å². The summed E-state index contributed by atoms with van der Waals surface area (Å²) in [6.45, 7) is 13.4. The third kappa shape index (κ3) is 9.42. The van der Waals surface area contributed by atoms with Crippen LogP contribution in [0.5, 0.6) is 0 Å². The van der Waals surface area contributed by atoms with Crippen molar-refractivity contribution in [1.29, 1.82) is 5.41 Å². The summed E-state index contributed by atoms with van der Waals surface area (Å²) in [5.41, 5.74) is 1.56. The van der Waals surface area contributed by atoms with Gasteiger partial charge in [0.2, 0.25) is 11.8 Å². The standard InChI is InChI=1S/C31H55BN6O6/c1-7-8-9-10-11-12-13-16-27(39)35-23(15-14-17-34-29(33)37-38(41)42)28(40)36-26(18-21(2)3)32-43-25-20-22-19-24(30(22,4)5)31(25,6)44-32/h12-13,21-26H,7-11,14-20H2,1-6H3,(H,35,39)(H,36,40)(H3,33,34,37)/b13-12+/t22-,23-,24-,25+,26-,31-/m0/s1. The molecule has 2 bridgehead atoms. The van der Waals surface area contributed by atoms with Gasteiger partial charge >= 0.3 is 7.12 Å². The predicted molar refractivity (Wildman–Crippen MR) is 171 cm³/mol. The molecule has 0 unspecified atom stereocenters. The first-order valence-electron chi connectivity index (χ1n) is 16.6. The number of nitrogens with zero attached hydrogens (tertiary/aromatic N) is 1. The van der Waals surface area contributed by atoms with Gasteiger partial charge in [-0.05, 0) is 75.0 Å². The van der Waals surface area contributed by atoms with Crippen molar-refractivity contribution < 1.29 is 23.9 Å². The number of allylic oxidation sites excluding steroid dienone is 1. The highest BCUT2D eigenvalue weighted by Crippen LogP contribution is 2.65. The third-order valence-electron chi connectivity index (χ3n) is 9.87. The number of hydrogen-bond donors (Lipinski definition) is 5. The molecule has 0 aromatic rings. The van der Waals surface area contributed by atoms with E-state index in [1.54, 1.807) is 5.43 Å². The molecule has 0 aromatic carbocycles. The minimum atomic E-state index is -0.819. The van der Waals surface area contributed by atoms with Gasteiger partial charge in [-0.1, -0.05) is 71.5 Å². The lowest BCUT2D eigenvalue weighted by molar-refractivity contribution is -0.525. The first-order chi connectivity index (χ1) is 20.8. The minimum Gasteiger partial charge on any atom is -0.404 e. The number of unbranched alkanes of at least 4 members (excludes halogenated alkanes) is 4. The summed E-state index contributed by atoms with van der Waals surface area (Å²) in [4.78, 5) is 37.2. The maximum Gasteiger partial charge on any atom is 0.481 e. The number of hydrazine groups is 1. The molecule has 0 aromatic heterocycles. The molecule has 4 fully saturated rings. The van der Waals surface area contributed by atoms with E-state index in [0.717, 1.165) is 25.7 Å². The van der Waals surface area contributed by atoms with Crippen LogP contribution in [0.25, 0.3) is 0 Å². The molecule has 13 heteroatoms. The summed E-state index contributed by atoms with van der Waals surface area (Å²) in [5, 5.41) is 26.0. The summed E-state index contributed by atoms with van der Waals surface area (Å²) in [6, 6.07) is -0.819. The van der Waals surface area contributed by atoms with Crippen LogP contribution in [0.4, 0.5) is 0 Å². The van der Waals surface area contributed by atoms with Crippen LogP contribution in [0, 0.1) is 38.7 Å². The summed E-state index contributed by atoms with van der Waals surface area (Å²) < 4.78 is 13.2. The molecular weight excluding hydrogens is 563 g/mol. The lowest BCUT2D eigenvalue weighted by Gasteiger charge is -2.64. The molecular formula is C31H55BN6O6. The Morgan fingerprint density at radius 3 is 2.52 bits per heavy atom. The highest BCUT2D eigenvalue weighted by atomic mass is 16.7. The SMILES string of the molecule is CCCCCC/C=C/CC(=O)N[C@@H](CCCNC(=N)N[N+](=O)[O-])C(=O)N[C@@H](CC(C)C)B1O[C@@H]2C[C@@H]3C[C@@H](C3(C)C)[C@]2(C)O1. The fourth-order valence-electron chi connectivity index (χ4n) is 7.27. The van der Waals surface area contributed by atoms with E-state index in [1.165, 1.54) is 19.3 Å². The van der Waals surface area contributed by atoms with Gasteiger partial charge in [0.15, 0.2) is 5.03 Å². The van der Waals surface area contributed by atoms with Crippen LogP contribution in [0.1, 0.15) is 112 Å². The number of nitro groups is 1. The minimum absolute atomic E-state index is 0.00531. The van der Waals surface area contributed by atoms with Gasteiger partial charge in [-0.3, -0.25) is 15.0 Å². The summed E-state index contributed by atoms with van der Waals surface area (Å²) >= 11 is 0. The van der Waals surface area contributed by atoms with Crippen molar-refractivity contribution in [3.8, 4) is 0 Å². The second-order valence-electron chi connectivity index (χ2n) is 14.0. The fraction of sp³-hybridized carbons (Fsp3) is 0.839. The third-order valence-corrected chi connectivity index (χ3v) is 9.87. The van der Waals surface area contributed by atoms with Crippen molar-refractivity contribution in [2.75, 3.05) is 6.54 Å². The molecule has 2 amide bonds. The van der Waals surface area contributed by atoms with E-state index < -0.39 is 29.8 Å².